The Kier molecular flexibility index (Phi) is 4.11. The van der Waals surface area contributed by atoms with E-state index < -0.39 is 0 Å². The zero-order valence-corrected chi connectivity index (χ0v) is 8.62. The van der Waals surface area contributed by atoms with Crippen LogP contribution in [0.2, 0.25) is 0 Å². The summed E-state index contributed by atoms with van der Waals surface area (Å²) in [5.74, 6) is 0.135. The number of ketones is 1. The minimum Gasteiger partial charge on any atom is -0.295 e. The van der Waals surface area contributed by atoms with Crippen molar-refractivity contribution in [1.29, 1.82) is 0 Å². The molecule has 0 heterocycles. The van der Waals surface area contributed by atoms with Crippen LogP contribution in [0.5, 0.6) is 0 Å². The molecule has 0 fully saturated rings. The Morgan fingerprint density at radius 2 is 2.29 bits per heavy atom. The van der Waals surface area contributed by atoms with Crippen molar-refractivity contribution < 1.29 is 4.79 Å². The van der Waals surface area contributed by atoms with Gasteiger partial charge >= 0.3 is 0 Å². The number of aryl methyl sites for hydroxylation is 1. The molecule has 1 aromatic rings. The van der Waals surface area contributed by atoms with E-state index >= 15 is 0 Å². The predicted molar refractivity (Wildman–Crippen MR) is 59.6 cm³/mol. The molecule has 0 bridgehead atoms. The number of unbranched alkanes of at least 4 members (excludes halogenated alkanes) is 1. The molecule has 0 aliphatic heterocycles. The van der Waals surface area contributed by atoms with E-state index in [1.54, 1.807) is 6.92 Å². The van der Waals surface area contributed by atoms with E-state index in [2.05, 4.69) is 12.6 Å². The van der Waals surface area contributed by atoms with E-state index in [-0.39, 0.29) is 5.78 Å². The smallest absolute Gasteiger partial charge is 0.159 e. The molecule has 0 atom stereocenters. The molecule has 14 heavy (non-hydrogen) atoms. The van der Waals surface area contributed by atoms with Crippen molar-refractivity contribution in [1.82, 2.24) is 0 Å². The number of Topliss-reactive ketones (excluding diaryl/α,β-unsaturated/α-hetero) is 1. The number of carbonyl (C=O) groups excluding carboxylic acids is 1. The second kappa shape index (κ2) is 5.38. The quantitative estimate of drug-likeness (QED) is 0.393. The van der Waals surface area contributed by atoms with Gasteiger partial charge in [-0.25, -0.2) is 0 Å². The highest BCUT2D eigenvalue weighted by molar-refractivity contribution is 5.94. The van der Waals surface area contributed by atoms with Gasteiger partial charge in [-0.05, 0) is 37.8 Å². The van der Waals surface area contributed by atoms with Crippen LogP contribution < -0.4 is 0 Å². The second-order valence-electron chi connectivity index (χ2n) is 3.44. The molecule has 0 spiro atoms. The van der Waals surface area contributed by atoms with Gasteiger partial charge in [-0.15, -0.1) is 6.58 Å². The van der Waals surface area contributed by atoms with E-state index in [1.807, 2.05) is 24.3 Å². The Morgan fingerprint density at radius 3 is 2.93 bits per heavy atom. The third-order valence-electron chi connectivity index (χ3n) is 2.21. The topological polar surface area (TPSA) is 17.1 Å². The summed E-state index contributed by atoms with van der Waals surface area (Å²) < 4.78 is 0. The van der Waals surface area contributed by atoms with Crippen LogP contribution in [0.1, 0.15) is 35.7 Å². The lowest BCUT2D eigenvalue weighted by Crippen LogP contribution is -1.93. The van der Waals surface area contributed by atoms with Crippen LogP contribution in [-0.4, -0.2) is 5.78 Å². The molecule has 0 unspecified atom stereocenters. The van der Waals surface area contributed by atoms with Crippen molar-refractivity contribution in [3.05, 3.63) is 48.0 Å². The van der Waals surface area contributed by atoms with Gasteiger partial charge in [0.25, 0.3) is 0 Å². The molecule has 0 aromatic heterocycles. The first-order chi connectivity index (χ1) is 6.74. The van der Waals surface area contributed by atoms with Crippen molar-refractivity contribution >= 4 is 5.78 Å². The first-order valence-corrected chi connectivity index (χ1v) is 4.95. The molecule has 74 valence electrons. The lowest BCUT2D eigenvalue weighted by Gasteiger charge is -2.01. The van der Waals surface area contributed by atoms with Gasteiger partial charge in [-0.2, -0.15) is 0 Å². The van der Waals surface area contributed by atoms with Crippen LogP contribution in [0.3, 0.4) is 0 Å². The molecule has 0 saturated carbocycles. The van der Waals surface area contributed by atoms with Gasteiger partial charge in [0.2, 0.25) is 0 Å². The zero-order valence-electron chi connectivity index (χ0n) is 8.62. The van der Waals surface area contributed by atoms with Crippen LogP contribution in [0.4, 0.5) is 0 Å². The molecule has 0 N–H and O–H groups in total. The summed E-state index contributed by atoms with van der Waals surface area (Å²) in [7, 11) is 0. The molecule has 1 nitrogen and oxygen atoms in total. The maximum atomic E-state index is 11.1. The van der Waals surface area contributed by atoms with Crippen LogP contribution in [0.25, 0.3) is 0 Å². The van der Waals surface area contributed by atoms with Gasteiger partial charge in [-0.1, -0.05) is 24.3 Å². The number of allylic oxidation sites excluding steroid dienone is 1. The molecule has 1 aromatic carbocycles. The summed E-state index contributed by atoms with van der Waals surface area (Å²) >= 11 is 0. The van der Waals surface area contributed by atoms with Gasteiger partial charge in [0.15, 0.2) is 5.78 Å². The first kappa shape index (κ1) is 10.7. The number of carbonyl (C=O) groups is 1. The van der Waals surface area contributed by atoms with E-state index in [0.29, 0.717) is 0 Å². The summed E-state index contributed by atoms with van der Waals surface area (Å²) in [5.41, 5.74) is 2.04. The molecule has 0 saturated heterocycles. The molecule has 0 aliphatic carbocycles. The lowest BCUT2D eigenvalue weighted by molar-refractivity contribution is 0.101. The summed E-state index contributed by atoms with van der Waals surface area (Å²) in [5, 5.41) is 0. The Morgan fingerprint density at radius 1 is 1.50 bits per heavy atom. The van der Waals surface area contributed by atoms with Gasteiger partial charge in [0.05, 0.1) is 0 Å². The third-order valence-corrected chi connectivity index (χ3v) is 2.21. The minimum absolute atomic E-state index is 0.135. The van der Waals surface area contributed by atoms with Gasteiger partial charge in [0, 0.05) is 5.56 Å². The largest absolute Gasteiger partial charge is 0.295 e. The number of hydrogen-bond acceptors (Lipinski definition) is 1. The fraction of sp³-hybridized carbons (Fsp3) is 0.308. The zero-order chi connectivity index (χ0) is 10.4. The standard InChI is InChI=1S/C13H16O/c1-3-4-5-7-12-8-6-9-13(10-12)11(2)14/h3,6,8-10H,1,4-5,7H2,2H3. The Labute approximate surface area is 85.5 Å². The molecule has 1 heteroatoms. The van der Waals surface area contributed by atoms with Crippen molar-refractivity contribution in [3.8, 4) is 0 Å². The number of rotatable bonds is 5. The Hall–Kier alpha value is -1.37. The Bertz CT molecular complexity index is 326. The minimum atomic E-state index is 0.135. The second-order valence-corrected chi connectivity index (χ2v) is 3.44. The summed E-state index contributed by atoms with van der Waals surface area (Å²) in [4.78, 5) is 11.1. The Balaban J connectivity index is 2.63. The van der Waals surface area contributed by atoms with Gasteiger partial charge in [-0.3, -0.25) is 4.79 Å². The van der Waals surface area contributed by atoms with Crippen molar-refractivity contribution in [2.45, 2.75) is 26.2 Å². The van der Waals surface area contributed by atoms with E-state index in [4.69, 9.17) is 0 Å². The fourth-order valence-electron chi connectivity index (χ4n) is 1.40. The average Bonchev–Trinajstić information content (AvgIpc) is 2.19. The van der Waals surface area contributed by atoms with Gasteiger partial charge in [0.1, 0.15) is 0 Å². The van der Waals surface area contributed by atoms with Crippen LogP contribution >= 0.6 is 0 Å². The number of hydrogen-bond donors (Lipinski definition) is 0. The predicted octanol–water partition coefficient (Wildman–Crippen LogP) is 3.40. The molecule has 1 rings (SSSR count). The lowest BCUT2D eigenvalue weighted by atomic mass is 10.0. The summed E-state index contributed by atoms with van der Waals surface area (Å²) in [6.45, 7) is 5.28. The SMILES string of the molecule is C=CCCCc1cccc(C(C)=O)c1. The molecule has 0 radical (unpaired) electrons. The van der Waals surface area contributed by atoms with E-state index in [9.17, 15) is 4.79 Å². The highest BCUT2D eigenvalue weighted by atomic mass is 16.1. The monoisotopic (exact) mass is 188 g/mol. The summed E-state index contributed by atoms with van der Waals surface area (Å²) in [6, 6.07) is 7.85. The molecular formula is C13H16O. The summed E-state index contributed by atoms with van der Waals surface area (Å²) in [6.07, 6.45) is 5.08. The van der Waals surface area contributed by atoms with Crippen LogP contribution in [-0.2, 0) is 6.42 Å². The van der Waals surface area contributed by atoms with E-state index in [0.717, 1.165) is 24.8 Å². The van der Waals surface area contributed by atoms with E-state index in [1.165, 1.54) is 5.56 Å². The molecule has 0 aliphatic rings. The molecule has 0 amide bonds. The maximum Gasteiger partial charge on any atom is 0.159 e. The van der Waals surface area contributed by atoms with Crippen molar-refractivity contribution in [2.24, 2.45) is 0 Å². The van der Waals surface area contributed by atoms with Gasteiger partial charge < -0.3 is 0 Å². The molecular weight excluding hydrogens is 172 g/mol. The van der Waals surface area contributed by atoms with Crippen molar-refractivity contribution in [3.63, 3.8) is 0 Å². The van der Waals surface area contributed by atoms with Crippen LogP contribution in [0.15, 0.2) is 36.9 Å². The van der Waals surface area contributed by atoms with Crippen LogP contribution in [0, 0.1) is 0 Å². The first-order valence-electron chi connectivity index (χ1n) is 4.95. The maximum absolute atomic E-state index is 11.1. The highest BCUT2D eigenvalue weighted by Gasteiger charge is 1.99. The highest BCUT2D eigenvalue weighted by Crippen LogP contribution is 2.09. The third kappa shape index (κ3) is 3.17. The fourth-order valence-corrected chi connectivity index (χ4v) is 1.40. The normalized spacial score (nSPS) is 9.79. The average molecular weight is 188 g/mol. The van der Waals surface area contributed by atoms with Crippen molar-refractivity contribution in [2.75, 3.05) is 0 Å². The number of benzene rings is 1.